The lowest BCUT2D eigenvalue weighted by atomic mass is 10.4. The molecule has 1 aromatic rings. The van der Waals surface area contributed by atoms with Crippen LogP contribution in [-0.2, 0) is 0 Å². The second-order valence-corrected chi connectivity index (χ2v) is 2.00. The molecule has 3 heteroatoms. The fourth-order valence-electron chi connectivity index (χ4n) is 0.700. The smallest absolute Gasteiger partial charge is 0.149 e. The van der Waals surface area contributed by atoms with Crippen molar-refractivity contribution < 1.29 is 0 Å². The van der Waals surface area contributed by atoms with E-state index in [9.17, 15) is 0 Å². The van der Waals surface area contributed by atoms with E-state index in [1.54, 1.807) is 18.3 Å². The summed E-state index contributed by atoms with van der Waals surface area (Å²) < 4.78 is 0. The third-order valence-corrected chi connectivity index (χ3v) is 1.20. The number of nitrogens with one attached hydrogen (secondary N) is 1. The average Bonchev–Trinajstić information content (AvgIpc) is 2.03. The summed E-state index contributed by atoms with van der Waals surface area (Å²) in [4.78, 5) is 3.98. The molecule has 0 aliphatic heterocycles. The van der Waals surface area contributed by atoms with Gasteiger partial charge in [0.25, 0.3) is 0 Å². The Kier molecular flexibility index (Phi) is 2.34. The zero-order valence-electron chi connectivity index (χ0n) is 6.04. The van der Waals surface area contributed by atoms with Crippen LogP contribution in [0.1, 0.15) is 0 Å². The molecule has 11 heavy (non-hydrogen) atoms. The maximum absolute atomic E-state index is 5.57. The number of nitrogens with two attached hydrogens (primary N) is 1. The van der Waals surface area contributed by atoms with Crippen molar-refractivity contribution in [2.24, 2.45) is 0 Å². The van der Waals surface area contributed by atoms with Crippen LogP contribution in [0.4, 0.5) is 11.5 Å². The molecule has 0 saturated heterocycles. The minimum Gasteiger partial charge on any atom is -0.396 e. The van der Waals surface area contributed by atoms with Crippen molar-refractivity contribution in [2.75, 3.05) is 17.6 Å². The van der Waals surface area contributed by atoms with Crippen LogP contribution in [0.3, 0.4) is 0 Å². The SMILES string of the molecule is C#CCNc1ncccc1N. The molecule has 0 amide bonds. The Morgan fingerprint density at radius 1 is 1.73 bits per heavy atom. The van der Waals surface area contributed by atoms with Gasteiger partial charge in [-0.15, -0.1) is 6.42 Å². The largest absolute Gasteiger partial charge is 0.396 e. The third kappa shape index (κ3) is 1.87. The lowest BCUT2D eigenvalue weighted by Crippen LogP contribution is -2.03. The molecule has 1 heterocycles. The fraction of sp³-hybridized carbons (Fsp3) is 0.125. The van der Waals surface area contributed by atoms with Crippen LogP contribution in [0, 0.1) is 12.3 Å². The standard InChI is InChI=1S/C8H9N3/c1-2-5-10-8-7(9)4-3-6-11-8/h1,3-4,6H,5,9H2,(H,10,11). The highest BCUT2D eigenvalue weighted by Gasteiger charge is 1.94. The van der Waals surface area contributed by atoms with Gasteiger partial charge in [0.2, 0.25) is 0 Å². The molecule has 0 saturated carbocycles. The molecule has 3 N–H and O–H groups in total. The Morgan fingerprint density at radius 3 is 3.18 bits per heavy atom. The molecule has 0 bridgehead atoms. The van der Waals surface area contributed by atoms with Crippen LogP contribution in [0.2, 0.25) is 0 Å². The van der Waals surface area contributed by atoms with Gasteiger partial charge in [-0.25, -0.2) is 4.98 Å². The van der Waals surface area contributed by atoms with Gasteiger partial charge in [-0.2, -0.15) is 0 Å². The topological polar surface area (TPSA) is 50.9 Å². The number of aromatic nitrogens is 1. The molecule has 0 aliphatic rings. The number of nitrogen functional groups attached to an aromatic ring is 1. The van der Waals surface area contributed by atoms with E-state index in [1.165, 1.54) is 0 Å². The van der Waals surface area contributed by atoms with Gasteiger partial charge in [0.1, 0.15) is 5.82 Å². The predicted molar refractivity (Wildman–Crippen MR) is 46.0 cm³/mol. The lowest BCUT2D eigenvalue weighted by Gasteiger charge is -2.02. The van der Waals surface area contributed by atoms with Crippen molar-refractivity contribution in [3.63, 3.8) is 0 Å². The second kappa shape index (κ2) is 3.47. The number of hydrogen-bond donors (Lipinski definition) is 2. The highest BCUT2D eigenvalue weighted by molar-refractivity contribution is 5.60. The minimum atomic E-state index is 0.446. The number of rotatable bonds is 2. The van der Waals surface area contributed by atoms with Gasteiger partial charge in [0.05, 0.1) is 12.2 Å². The van der Waals surface area contributed by atoms with Gasteiger partial charge in [0.15, 0.2) is 0 Å². The summed E-state index contributed by atoms with van der Waals surface area (Å²) >= 11 is 0. The second-order valence-electron chi connectivity index (χ2n) is 2.00. The molecule has 0 aliphatic carbocycles. The van der Waals surface area contributed by atoms with Crippen LogP contribution in [0.5, 0.6) is 0 Å². The third-order valence-electron chi connectivity index (χ3n) is 1.20. The lowest BCUT2D eigenvalue weighted by molar-refractivity contribution is 1.25. The van der Waals surface area contributed by atoms with Crippen molar-refractivity contribution in [3.8, 4) is 12.3 Å². The monoisotopic (exact) mass is 147 g/mol. The van der Waals surface area contributed by atoms with Crippen LogP contribution >= 0.6 is 0 Å². The number of terminal acetylenes is 1. The molecule has 1 aromatic heterocycles. The highest BCUT2D eigenvalue weighted by Crippen LogP contribution is 2.11. The quantitative estimate of drug-likeness (QED) is 0.606. The van der Waals surface area contributed by atoms with E-state index in [2.05, 4.69) is 16.2 Å². The van der Waals surface area contributed by atoms with E-state index >= 15 is 0 Å². The molecule has 0 aromatic carbocycles. The zero-order chi connectivity index (χ0) is 8.10. The van der Waals surface area contributed by atoms with E-state index < -0.39 is 0 Å². The molecule has 1 rings (SSSR count). The van der Waals surface area contributed by atoms with Gasteiger partial charge < -0.3 is 11.1 Å². The summed E-state index contributed by atoms with van der Waals surface area (Å²) in [7, 11) is 0. The molecule has 0 spiro atoms. The van der Waals surface area contributed by atoms with Gasteiger partial charge >= 0.3 is 0 Å². The van der Waals surface area contributed by atoms with Crippen molar-refractivity contribution in [1.29, 1.82) is 0 Å². The van der Waals surface area contributed by atoms with Gasteiger partial charge in [-0.1, -0.05) is 5.92 Å². The van der Waals surface area contributed by atoms with Crippen molar-refractivity contribution >= 4 is 11.5 Å². The van der Waals surface area contributed by atoms with Gasteiger partial charge in [0, 0.05) is 6.20 Å². The molecule has 56 valence electrons. The first kappa shape index (κ1) is 7.42. The molecule has 0 radical (unpaired) electrons. The maximum atomic E-state index is 5.57. The molecule has 0 fully saturated rings. The number of nitrogens with zero attached hydrogens (tertiary/aromatic N) is 1. The molecule has 0 atom stereocenters. The summed E-state index contributed by atoms with van der Waals surface area (Å²) in [5, 5.41) is 2.89. The van der Waals surface area contributed by atoms with Gasteiger partial charge in [-0.05, 0) is 12.1 Å². The average molecular weight is 147 g/mol. The van der Waals surface area contributed by atoms with Gasteiger partial charge in [-0.3, -0.25) is 0 Å². The fourth-order valence-corrected chi connectivity index (χ4v) is 0.700. The van der Waals surface area contributed by atoms with Crippen LogP contribution in [0.15, 0.2) is 18.3 Å². The van der Waals surface area contributed by atoms with Crippen LogP contribution < -0.4 is 11.1 Å². The minimum absolute atomic E-state index is 0.446. The summed E-state index contributed by atoms with van der Waals surface area (Å²) in [6, 6.07) is 3.54. The Hall–Kier alpha value is -1.69. The summed E-state index contributed by atoms with van der Waals surface area (Å²) in [5.41, 5.74) is 6.18. The summed E-state index contributed by atoms with van der Waals surface area (Å²) in [6.07, 6.45) is 6.71. The normalized spacial score (nSPS) is 8.64. The number of pyridine rings is 1. The Labute approximate surface area is 65.6 Å². The first-order chi connectivity index (χ1) is 5.34. The van der Waals surface area contributed by atoms with E-state index in [1.807, 2.05) is 0 Å². The van der Waals surface area contributed by atoms with Crippen LogP contribution in [-0.4, -0.2) is 11.5 Å². The van der Waals surface area contributed by atoms with E-state index in [-0.39, 0.29) is 0 Å². The Morgan fingerprint density at radius 2 is 2.55 bits per heavy atom. The zero-order valence-corrected chi connectivity index (χ0v) is 6.04. The Bertz CT molecular complexity index is 275. The van der Waals surface area contributed by atoms with Crippen molar-refractivity contribution in [1.82, 2.24) is 4.98 Å². The predicted octanol–water partition coefficient (Wildman–Crippen LogP) is 0.709. The number of anilines is 2. The first-order valence-corrected chi connectivity index (χ1v) is 3.22. The van der Waals surface area contributed by atoms with E-state index in [4.69, 9.17) is 12.2 Å². The van der Waals surface area contributed by atoms with Crippen molar-refractivity contribution in [3.05, 3.63) is 18.3 Å². The number of hydrogen-bond acceptors (Lipinski definition) is 3. The van der Waals surface area contributed by atoms with E-state index in [0.29, 0.717) is 18.1 Å². The first-order valence-electron chi connectivity index (χ1n) is 3.22. The Balaban J connectivity index is 2.71. The van der Waals surface area contributed by atoms with Crippen LogP contribution in [0.25, 0.3) is 0 Å². The highest BCUT2D eigenvalue weighted by atomic mass is 15.0. The molecule has 0 unspecified atom stereocenters. The maximum Gasteiger partial charge on any atom is 0.149 e. The molecular formula is C8H9N3. The summed E-state index contributed by atoms with van der Waals surface area (Å²) in [6.45, 7) is 0.446. The molecule has 3 nitrogen and oxygen atoms in total. The van der Waals surface area contributed by atoms with Crippen molar-refractivity contribution in [2.45, 2.75) is 0 Å². The van der Waals surface area contributed by atoms with E-state index in [0.717, 1.165) is 0 Å². The summed E-state index contributed by atoms with van der Waals surface area (Å²) in [5.74, 6) is 3.08. The molecular weight excluding hydrogens is 138 g/mol.